The number of para-hydroxylation sites is 1. The van der Waals surface area contributed by atoms with Crippen LogP contribution in [0.25, 0.3) is 11.0 Å². The van der Waals surface area contributed by atoms with Crippen LogP contribution < -0.4 is 15.9 Å². The van der Waals surface area contributed by atoms with Gasteiger partial charge in [0.2, 0.25) is 11.8 Å². The van der Waals surface area contributed by atoms with E-state index < -0.39 is 17.6 Å². The lowest BCUT2D eigenvalue weighted by atomic mass is 10.1. The predicted octanol–water partition coefficient (Wildman–Crippen LogP) is 2.11. The van der Waals surface area contributed by atoms with Crippen molar-refractivity contribution in [3.05, 3.63) is 28.7 Å². The zero-order valence-corrected chi connectivity index (χ0v) is 19.8. The number of piperidine rings is 1. The van der Waals surface area contributed by atoms with Gasteiger partial charge in [-0.3, -0.25) is 28.9 Å². The highest BCUT2D eigenvalue weighted by atomic mass is 16.6. The molecule has 4 rings (SSSR count). The first-order valence-electron chi connectivity index (χ1n) is 11.3. The number of likely N-dealkylation sites (tertiary alicyclic amines) is 1. The van der Waals surface area contributed by atoms with Crippen LogP contribution in [0.15, 0.2) is 23.0 Å². The van der Waals surface area contributed by atoms with E-state index in [0.717, 1.165) is 18.5 Å². The van der Waals surface area contributed by atoms with Crippen molar-refractivity contribution in [2.24, 2.45) is 7.05 Å². The zero-order valence-electron chi connectivity index (χ0n) is 19.8. The van der Waals surface area contributed by atoms with Crippen LogP contribution in [0.5, 0.6) is 0 Å². The first kappa shape index (κ1) is 22.9. The second-order valence-electron chi connectivity index (χ2n) is 9.73. The van der Waals surface area contributed by atoms with E-state index in [2.05, 4.69) is 5.32 Å². The topological polar surface area (TPSA) is 106 Å². The largest absolute Gasteiger partial charge is 0.444 e. The minimum atomic E-state index is -0.746. The summed E-state index contributed by atoms with van der Waals surface area (Å²) in [6.07, 6.45) is 1.50. The highest BCUT2D eigenvalue weighted by Crippen LogP contribution is 2.33. The number of aryl methyl sites for hydroxylation is 1. The molecule has 2 aromatic rings. The van der Waals surface area contributed by atoms with Gasteiger partial charge in [0.25, 0.3) is 0 Å². The third kappa shape index (κ3) is 4.09. The van der Waals surface area contributed by atoms with Gasteiger partial charge in [-0.15, -0.1) is 0 Å². The molecule has 10 nitrogen and oxygen atoms in total. The molecule has 0 bridgehead atoms. The monoisotopic (exact) mass is 457 g/mol. The Hall–Kier alpha value is -3.30. The van der Waals surface area contributed by atoms with Gasteiger partial charge < -0.3 is 9.64 Å². The van der Waals surface area contributed by atoms with Crippen LogP contribution in [-0.4, -0.2) is 57.3 Å². The number of ether oxygens (including phenoxy) is 1. The summed E-state index contributed by atoms with van der Waals surface area (Å²) in [5, 5.41) is 2.33. The SMILES string of the molecule is CN(c1cccc2c1n(C)c(=O)n2C1CCC(=O)NC1=O)C1CCCN1C(=O)OC(C)(C)C. The number of amides is 3. The minimum Gasteiger partial charge on any atom is -0.444 e. The molecule has 0 radical (unpaired) electrons. The molecule has 2 aliphatic rings. The molecule has 0 spiro atoms. The Morgan fingerprint density at radius 1 is 1.18 bits per heavy atom. The summed E-state index contributed by atoms with van der Waals surface area (Å²) in [7, 11) is 3.57. The smallest absolute Gasteiger partial charge is 0.411 e. The normalized spacial score (nSPS) is 21.4. The number of benzene rings is 1. The van der Waals surface area contributed by atoms with Crippen LogP contribution in [-0.2, 0) is 21.4 Å². The number of carbonyl (C=O) groups excluding carboxylic acids is 3. The number of anilines is 1. The molecule has 178 valence electrons. The molecule has 0 saturated carbocycles. The summed E-state index contributed by atoms with van der Waals surface area (Å²) in [6.45, 7) is 6.12. The number of aromatic nitrogens is 2. The Kier molecular flexibility index (Phi) is 5.71. The van der Waals surface area contributed by atoms with Crippen molar-refractivity contribution in [1.29, 1.82) is 0 Å². The summed E-state index contributed by atoms with van der Waals surface area (Å²) in [6, 6.07) is 4.80. The van der Waals surface area contributed by atoms with Crippen molar-refractivity contribution in [3.63, 3.8) is 0 Å². The Balaban J connectivity index is 1.73. The maximum Gasteiger partial charge on any atom is 0.411 e. The summed E-state index contributed by atoms with van der Waals surface area (Å²) >= 11 is 0. The van der Waals surface area contributed by atoms with Gasteiger partial charge in [0.1, 0.15) is 17.8 Å². The van der Waals surface area contributed by atoms with E-state index in [0.29, 0.717) is 17.6 Å². The number of imide groups is 1. The number of imidazole rings is 1. The Bertz CT molecular complexity index is 1170. The number of rotatable bonds is 3. The lowest BCUT2D eigenvalue weighted by molar-refractivity contribution is -0.135. The Morgan fingerprint density at radius 3 is 2.58 bits per heavy atom. The Labute approximate surface area is 192 Å². The van der Waals surface area contributed by atoms with Crippen LogP contribution in [0.2, 0.25) is 0 Å². The summed E-state index contributed by atoms with van der Waals surface area (Å²) < 4.78 is 8.59. The summed E-state index contributed by atoms with van der Waals surface area (Å²) in [5.74, 6) is -0.792. The lowest BCUT2D eigenvalue weighted by Crippen LogP contribution is -2.47. The van der Waals surface area contributed by atoms with Gasteiger partial charge >= 0.3 is 11.8 Å². The second kappa shape index (κ2) is 8.24. The molecular weight excluding hydrogens is 426 g/mol. The van der Waals surface area contributed by atoms with Crippen molar-refractivity contribution >= 4 is 34.6 Å². The quantitative estimate of drug-likeness (QED) is 0.708. The van der Waals surface area contributed by atoms with Crippen molar-refractivity contribution in [2.75, 3.05) is 18.5 Å². The van der Waals surface area contributed by atoms with Gasteiger partial charge in [0.05, 0.1) is 16.7 Å². The fourth-order valence-electron chi connectivity index (χ4n) is 4.78. The van der Waals surface area contributed by atoms with Crippen LogP contribution >= 0.6 is 0 Å². The van der Waals surface area contributed by atoms with E-state index in [1.54, 1.807) is 18.0 Å². The molecule has 2 fully saturated rings. The van der Waals surface area contributed by atoms with Crippen LogP contribution in [0.3, 0.4) is 0 Å². The fraction of sp³-hybridized carbons (Fsp3) is 0.565. The highest BCUT2D eigenvalue weighted by molar-refractivity contribution is 6.00. The van der Waals surface area contributed by atoms with E-state index in [1.165, 1.54) is 9.13 Å². The van der Waals surface area contributed by atoms with Gasteiger partial charge in [-0.05, 0) is 52.2 Å². The van der Waals surface area contributed by atoms with Crippen molar-refractivity contribution in [3.8, 4) is 0 Å². The molecular formula is C23H31N5O5. The van der Waals surface area contributed by atoms with Crippen molar-refractivity contribution in [1.82, 2.24) is 19.4 Å². The van der Waals surface area contributed by atoms with Gasteiger partial charge in [-0.2, -0.15) is 0 Å². The number of hydrogen-bond donors (Lipinski definition) is 1. The first-order valence-corrected chi connectivity index (χ1v) is 11.3. The molecule has 10 heteroatoms. The summed E-state index contributed by atoms with van der Waals surface area (Å²) in [5.41, 5.74) is 1.15. The number of hydrogen-bond acceptors (Lipinski definition) is 6. The van der Waals surface area contributed by atoms with E-state index >= 15 is 0 Å². The van der Waals surface area contributed by atoms with Gasteiger partial charge in [-0.1, -0.05) is 6.07 Å². The molecule has 3 heterocycles. The predicted molar refractivity (Wildman–Crippen MR) is 123 cm³/mol. The number of carbonyl (C=O) groups is 3. The van der Waals surface area contributed by atoms with Gasteiger partial charge in [-0.25, -0.2) is 9.59 Å². The third-order valence-electron chi connectivity index (χ3n) is 6.28. The molecule has 2 aliphatic heterocycles. The lowest BCUT2D eigenvalue weighted by Gasteiger charge is -2.35. The first-order chi connectivity index (χ1) is 15.5. The minimum absolute atomic E-state index is 0.186. The maximum absolute atomic E-state index is 13.2. The van der Waals surface area contributed by atoms with Gasteiger partial charge in [0.15, 0.2) is 0 Å². The number of nitrogens with one attached hydrogen (secondary N) is 1. The standard InChI is InChI=1S/C23H31N5O5/c1-23(2,3)33-22(32)27-13-7-10-18(27)25(4)14-8-6-9-15-19(14)26(5)21(31)28(15)16-11-12-17(29)24-20(16)30/h6,8-9,16,18H,7,10-13H2,1-5H3,(H,24,29,30). The van der Waals surface area contributed by atoms with Gasteiger partial charge in [0, 0.05) is 27.1 Å². The molecule has 1 aromatic heterocycles. The molecule has 2 saturated heterocycles. The molecule has 2 unspecified atom stereocenters. The second-order valence-corrected chi connectivity index (χ2v) is 9.73. The molecule has 3 amide bonds. The maximum atomic E-state index is 13.2. The average molecular weight is 458 g/mol. The van der Waals surface area contributed by atoms with E-state index in [1.807, 2.05) is 44.9 Å². The van der Waals surface area contributed by atoms with E-state index in [4.69, 9.17) is 4.74 Å². The average Bonchev–Trinajstić information content (AvgIpc) is 3.31. The van der Waals surface area contributed by atoms with Crippen LogP contribution in [0, 0.1) is 0 Å². The van der Waals surface area contributed by atoms with Crippen molar-refractivity contribution < 1.29 is 19.1 Å². The van der Waals surface area contributed by atoms with E-state index in [-0.39, 0.29) is 36.7 Å². The molecule has 1 N–H and O–H groups in total. The van der Waals surface area contributed by atoms with E-state index in [9.17, 15) is 19.2 Å². The summed E-state index contributed by atoms with van der Waals surface area (Å²) in [4.78, 5) is 53.8. The highest BCUT2D eigenvalue weighted by Gasteiger charge is 2.36. The Morgan fingerprint density at radius 2 is 1.91 bits per heavy atom. The number of fused-ring (bicyclic) bond motifs is 1. The van der Waals surface area contributed by atoms with Crippen LogP contribution in [0.4, 0.5) is 10.5 Å². The fourth-order valence-corrected chi connectivity index (χ4v) is 4.78. The molecule has 33 heavy (non-hydrogen) atoms. The van der Waals surface area contributed by atoms with Crippen LogP contribution in [0.1, 0.15) is 52.5 Å². The molecule has 2 atom stereocenters. The number of nitrogens with zero attached hydrogens (tertiary/aromatic N) is 4. The molecule has 0 aliphatic carbocycles. The molecule has 1 aromatic carbocycles. The third-order valence-corrected chi connectivity index (χ3v) is 6.28. The zero-order chi connectivity index (χ0) is 24.1. The van der Waals surface area contributed by atoms with Crippen molar-refractivity contribution in [2.45, 2.75) is 64.3 Å².